The normalized spacial score (nSPS) is 11.6. The molecule has 0 aromatic heterocycles. The molecule has 0 bridgehead atoms. The molecule has 1 atom stereocenters. The van der Waals surface area contributed by atoms with Crippen LogP contribution in [0.15, 0.2) is 107 Å². The van der Waals surface area contributed by atoms with Crippen LogP contribution < -0.4 is 19.6 Å². The van der Waals surface area contributed by atoms with Crippen LogP contribution in [0.25, 0.3) is 11.1 Å². The smallest absolute Gasteiger partial charge is 0.343 e. The largest absolute Gasteiger partial charge is 0.494 e. The van der Waals surface area contributed by atoms with Gasteiger partial charge in [-0.15, -0.1) is 0 Å². The Balaban J connectivity index is 1.34. The minimum atomic E-state index is -0.788. The molecular weight excluding hydrogens is 572 g/mol. The zero-order valence-corrected chi connectivity index (χ0v) is 23.8. The summed E-state index contributed by atoms with van der Waals surface area (Å²) in [5, 5.41) is 4.05. The van der Waals surface area contributed by atoms with Crippen LogP contribution in [-0.2, 0) is 4.79 Å². The van der Waals surface area contributed by atoms with E-state index in [4.69, 9.17) is 14.2 Å². The average molecular weight is 601 g/mol. The van der Waals surface area contributed by atoms with Gasteiger partial charge in [0.05, 0.1) is 18.4 Å². The number of nitrogens with one attached hydrogen (secondary N) is 1. The summed E-state index contributed by atoms with van der Waals surface area (Å²) in [5.74, 6) is 0.594. The Morgan fingerprint density at radius 2 is 1.57 bits per heavy atom. The molecule has 0 unspecified atom stereocenters. The fraction of sp³-hybridized carbons (Fsp3) is 0.156. The number of nitrogens with zero attached hydrogens (tertiary/aromatic N) is 1. The third-order valence-corrected chi connectivity index (χ3v) is 6.25. The molecule has 204 valence electrons. The number of hydrogen-bond donors (Lipinski definition) is 1. The Morgan fingerprint density at radius 1 is 0.900 bits per heavy atom. The van der Waals surface area contributed by atoms with Gasteiger partial charge in [-0.1, -0.05) is 65.3 Å². The molecule has 8 heteroatoms. The summed E-state index contributed by atoms with van der Waals surface area (Å²) in [5.41, 5.74) is 5.51. The van der Waals surface area contributed by atoms with Crippen molar-refractivity contribution in [1.82, 2.24) is 5.43 Å². The van der Waals surface area contributed by atoms with Crippen LogP contribution in [0.2, 0.25) is 0 Å². The number of esters is 1. The van der Waals surface area contributed by atoms with Gasteiger partial charge >= 0.3 is 5.97 Å². The summed E-state index contributed by atoms with van der Waals surface area (Å²) >= 11 is 3.41. The standard InChI is InChI=1S/C32H29BrN2O5/c1-3-19-38-28-14-11-25(12-15-28)32(37)40-30-18-13-27(33)20-26(30)21-34-35-31(36)22(2)39-29-16-9-24(10-17-29)23-7-5-4-6-8-23/h4-18,20-22H,3,19H2,1-2H3,(H,35,36)/b34-21-/t22-/m1/s1. The van der Waals surface area contributed by atoms with Gasteiger partial charge < -0.3 is 14.2 Å². The number of carbonyl (C=O) groups excluding carboxylic acids is 2. The maximum absolute atomic E-state index is 12.7. The fourth-order valence-corrected chi connectivity index (χ4v) is 4.03. The van der Waals surface area contributed by atoms with E-state index >= 15 is 0 Å². The Labute approximate surface area is 241 Å². The Kier molecular flexibility index (Phi) is 10.1. The summed E-state index contributed by atoms with van der Waals surface area (Å²) in [6, 6.07) is 29.4. The molecule has 7 nitrogen and oxygen atoms in total. The van der Waals surface area contributed by atoms with Crippen molar-refractivity contribution in [3.8, 4) is 28.4 Å². The molecule has 4 aromatic carbocycles. The summed E-state index contributed by atoms with van der Waals surface area (Å²) in [7, 11) is 0. The molecule has 0 aliphatic rings. The number of halogens is 1. The zero-order chi connectivity index (χ0) is 28.3. The van der Waals surface area contributed by atoms with Gasteiger partial charge in [-0.05, 0) is 79.1 Å². The molecular formula is C32H29BrN2O5. The molecule has 1 N–H and O–H groups in total. The highest BCUT2D eigenvalue weighted by molar-refractivity contribution is 9.10. The first kappa shape index (κ1) is 28.6. The number of amides is 1. The van der Waals surface area contributed by atoms with Gasteiger partial charge in [0.1, 0.15) is 17.2 Å². The second-order valence-corrected chi connectivity index (χ2v) is 9.74. The average Bonchev–Trinajstić information content (AvgIpc) is 2.98. The summed E-state index contributed by atoms with van der Waals surface area (Å²) in [6.45, 7) is 4.27. The van der Waals surface area contributed by atoms with Gasteiger partial charge in [0.25, 0.3) is 5.91 Å². The predicted octanol–water partition coefficient (Wildman–Crippen LogP) is 7.04. The first-order chi connectivity index (χ1) is 19.4. The highest BCUT2D eigenvalue weighted by atomic mass is 79.9. The maximum Gasteiger partial charge on any atom is 0.343 e. The molecule has 0 aliphatic heterocycles. The topological polar surface area (TPSA) is 86.2 Å². The first-order valence-electron chi connectivity index (χ1n) is 12.8. The van der Waals surface area contributed by atoms with E-state index in [-0.39, 0.29) is 0 Å². The zero-order valence-electron chi connectivity index (χ0n) is 22.2. The second kappa shape index (κ2) is 14.1. The molecule has 0 heterocycles. The molecule has 0 aliphatic carbocycles. The number of hydrogen-bond acceptors (Lipinski definition) is 6. The first-order valence-corrected chi connectivity index (χ1v) is 13.6. The van der Waals surface area contributed by atoms with Gasteiger partial charge in [0.2, 0.25) is 0 Å². The van der Waals surface area contributed by atoms with E-state index in [1.54, 1.807) is 49.4 Å². The number of hydrazone groups is 1. The van der Waals surface area contributed by atoms with Crippen molar-refractivity contribution in [1.29, 1.82) is 0 Å². The van der Waals surface area contributed by atoms with E-state index in [1.165, 1.54) is 6.21 Å². The molecule has 0 radical (unpaired) electrons. The number of ether oxygens (including phenoxy) is 3. The van der Waals surface area contributed by atoms with Crippen molar-refractivity contribution in [2.75, 3.05) is 6.61 Å². The van der Waals surface area contributed by atoms with Crippen molar-refractivity contribution in [3.05, 3.63) is 113 Å². The Hall–Kier alpha value is -4.43. The second-order valence-electron chi connectivity index (χ2n) is 8.83. The fourth-order valence-electron chi connectivity index (χ4n) is 3.65. The molecule has 0 spiro atoms. The molecule has 0 saturated heterocycles. The molecule has 4 aromatic rings. The van der Waals surface area contributed by atoms with Crippen LogP contribution in [0.4, 0.5) is 0 Å². The minimum absolute atomic E-state index is 0.292. The number of rotatable bonds is 11. The van der Waals surface area contributed by atoms with Crippen molar-refractivity contribution in [2.24, 2.45) is 5.10 Å². The third-order valence-electron chi connectivity index (χ3n) is 5.76. The predicted molar refractivity (Wildman–Crippen MR) is 159 cm³/mol. The summed E-state index contributed by atoms with van der Waals surface area (Å²) in [4.78, 5) is 25.3. The van der Waals surface area contributed by atoms with E-state index < -0.39 is 18.0 Å². The number of carbonyl (C=O) groups is 2. The van der Waals surface area contributed by atoms with Crippen LogP contribution in [0.5, 0.6) is 17.2 Å². The van der Waals surface area contributed by atoms with E-state index in [2.05, 4.69) is 26.5 Å². The Bertz CT molecular complexity index is 1460. The third kappa shape index (κ3) is 8.04. The maximum atomic E-state index is 12.7. The minimum Gasteiger partial charge on any atom is -0.494 e. The lowest BCUT2D eigenvalue weighted by Crippen LogP contribution is -2.33. The molecule has 0 saturated carbocycles. The lowest BCUT2D eigenvalue weighted by Gasteiger charge is -2.13. The highest BCUT2D eigenvalue weighted by Gasteiger charge is 2.15. The van der Waals surface area contributed by atoms with E-state index in [0.29, 0.717) is 35.0 Å². The molecule has 0 fully saturated rings. The summed E-state index contributed by atoms with van der Waals surface area (Å²) < 4.78 is 17.7. The van der Waals surface area contributed by atoms with Crippen LogP contribution in [0, 0.1) is 0 Å². The van der Waals surface area contributed by atoms with Gasteiger partial charge in [-0.3, -0.25) is 4.79 Å². The van der Waals surface area contributed by atoms with E-state index in [1.807, 2.05) is 61.5 Å². The highest BCUT2D eigenvalue weighted by Crippen LogP contribution is 2.24. The van der Waals surface area contributed by atoms with Crippen LogP contribution in [-0.4, -0.2) is 30.8 Å². The van der Waals surface area contributed by atoms with E-state index in [0.717, 1.165) is 22.0 Å². The van der Waals surface area contributed by atoms with Gasteiger partial charge in [0, 0.05) is 10.0 Å². The van der Waals surface area contributed by atoms with Crippen LogP contribution >= 0.6 is 15.9 Å². The molecule has 4 rings (SSSR count). The van der Waals surface area contributed by atoms with Crippen molar-refractivity contribution < 1.29 is 23.8 Å². The lowest BCUT2D eigenvalue weighted by molar-refractivity contribution is -0.127. The molecule has 40 heavy (non-hydrogen) atoms. The monoisotopic (exact) mass is 600 g/mol. The van der Waals surface area contributed by atoms with Crippen molar-refractivity contribution >= 4 is 34.0 Å². The lowest BCUT2D eigenvalue weighted by atomic mass is 10.1. The summed E-state index contributed by atoms with van der Waals surface area (Å²) in [6.07, 6.45) is 1.52. The van der Waals surface area contributed by atoms with Crippen LogP contribution in [0.3, 0.4) is 0 Å². The van der Waals surface area contributed by atoms with Crippen molar-refractivity contribution in [2.45, 2.75) is 26.4 Å². The quantitative estimate of drug-likeness (QED) is 0.0863. The van der Waals surface area contributed by atoms with E-state index in [9.17, 15) is 9.59 Å². The van der Waals surface area contributed by atoms with Gasteiger partial charge in [0.15, 0.2) is 6.10 Å². The SMILES string of the molecule is CCCOc1ccc(C(=O)Oc2ccc(Br)cc2/C=N\NC(=O)[C@@H](C)Oc2ccc(-c3ccccc3)cc2)cc1. The molecule has 1 amide bonds. The Morgan fingerprint density at radius 3 is 2.27 bits per heavy atom. The number of benzene rings is 4. The van der Waals surface area contributed by atoms with Crippen LogP contribution in [0.1, 0.15) is 36.2 Å². The van der Waals surface area contributed by atoms with Gasteiger partial charge in [-0.25, -0.2) is 10.2 Å². The van der Waals surface area contributed by atoms with Gasteiger partial charge in [-0.2, -0.15) is 5.10 Å². The van der Waals surface area contributed by atoms with Crippen molar-refractivity contribution in [3.63, 3.8) is 0 Å².